The van der Waals surface area contributed by atoms with Gasteiger partial charge in [0.15, 0.2) is 0 Å². The van der Waals surface area contributed by atoms with Gasteiger partial charge in [0.1, 0.15) is 4.21 Å². The summed E-state index contributed by atoms with van der Waals surface area (Å²) in [5.41, 5.74) is 1.40. The molecule has 1 saturated heterocycles. The zero-order valence-electron chi connectivity index (χ0n) is 14.3. The van der Waals surface area contributed by atoms with Crippen molar-refractivity contribution in [2.75, 3.05) is 13.1 Å². The van der Waals surface area contributed by atoms with Crippen LogP contribution in [0.15, 0.2) is 46.0 Å². The number of ketones is 1. The molecule has 0 radical (unpaired) electrons. The number of carbonyl (C=O) groups is 2. The van der Waals surface area contributed by atoms with E-state index in [9.17, 15) is 18.0 Å². The van der Waals surface area contributed by atoms with Gasteiger partial charge in [0.25, 0.3) is 5.91 Å². The van der Waals surface area contributed by atoms with Gasteiger partial charge >= 0.3 is 0 Å². The maximum Gasteiger partial charge on any atom is 0.294 e. The van der Waals surface area contributed by atoms with Crippen LogP contribution in [-0.2, 0) is 14.8 Å². The van der Waals surface area contributed by atoms with Crippen molar-refractivity contribution in [2.45, 2.75) is 30.0 Å². The lowest BCUT2D eigenvalue weighted by Gasteiger charge is -2.31. The summed E-state index contributed by atoms with van der Waals surface area (Å²) >= 11 is 1.17. The molecule has 1 N–H and O–H groups in total. The minimum Gasteiger partial charge on any atom is -0.336 e. The minimum atomic E-state index is -3.52. The van der Waals surface area contributed by atoms with Gasteiger partial charge in [0.05, 0.1) is 0 Å². The van der Waals surface area contributed by atoms with Crippen LogP contribution in [0, 0.1) is 6.92 Å². The number of amides is 1. The number of likely N-dealkylation sites (tertiary alicyclic amines) is 1. The molecule has 0 atom stereocenters. The van der Waals surface area contributed by atoms with Crippen molar-refractivity contribution in [3.8, 4) is 0 Å². The van der Waals surface area contributed by atoms with Crippen molar-refractivity contribution in [1.29, 1.82) is 0 Å². The van der Waals surface area contributed by atoms with Crippen molar-refractivity contribution in [3.05, 3.63) is 52.9 Å². The summed E-state index contributed by atoms with van der Waals surface area (Å²) in [6.07, 6.45) is 0.967. The summed E-state index contributed by atoms with van der Waals surface area (Å²) in [6, 6.07) is 9.91. The average molecular weight is 393 g/mol. The Kier molecular flexibility index (Phi) is 5.55. The van der Waals surface area contributed by atoms with E-state index >= 15 is 0 Å². The van der Waals surface area contributed by atoms with Crippen LogP contribution in [0.3, 0.4) is 0 Å². The first-order valence-corrected chi connectivity index (χ1v) is 10.7. The Hall–Kier alpha value is -2.03. The quantitative estimate of drug-likeness (QED) is 0.625. The number of hydrogen-bond donors (Lipinski definition) is 1. The van der Waals surface area contributed by atoms with E-state index in [4.69, 9.17) is 0 Å². The second-order valence-electron chi connectivity index (χ2n) is 6.31. The van der Waals surface area contributed by atoms with Gasteiger partial charge in [0, 0.05) is 24.7 Å². The Morgan fingerprint density at radius 2 is 1.77 bits per heavy atom. The first-order valence-electron chi connectivity index (χ1n) is 8.33. The molecule has 1 aromatic heterocycles. The van der Waals surface area contributed by atoms with Crippen molar-refractivity contribution >= 4 is 33.1 Å². The molecule has 138 valence electrons. The number of rotatable bonds is 5. The molecule has 1 aromatic carbocycles. The van der Waals surface area contributed by atoms with Gasteiger partial charge in [-0.3, -0.25) is 9.59 Å². The Morgan fingerprint density at radius 3 is 2.35 bits per heavy atom. The first kappa shape index (κ1) is 18.8. The van der Waals surface area contributed by atoms with Gasteiger partial charge in [-0.05, 0) is 31.2 Å². The number of aryl methyl sites for hydroxylation is 1. The molecule has 1 amide bonds. The number of nitrogens with zero attached hydrogens (tertiary/aromatic N) is 1. The lowest BCUT2D eigenvalue weighted by molar-refractivity contribution is -0.127. The average Bonchev–Trinajstić information content (AvgIpc) is 3.17. The predicted octanol–water partition coefficient (Wildman–Crippen LogP) is 2.21. The zero-order valence-corrected chi connectivity index (χ0v) is 16.0. The lowest BCUT2D eigenvalue weighted by Crippen LogP contribution is -2.48. The number of piperidine rings is 1. The number of Topliss-reactive ketones (excluding diaryl/α,β-unsaturated/α-hetero) is 1. The fraction of sp³-hybridized carbons (Fsp3) is 0.333. The van der Waals surface area contributed by atoms with Gasteiger partial charge in [-0.25, -0.2) is 13.1 Å². The van der Waals surface area contributed by atoms with E-state index < -0.39 is 21.7 Å². The third kappa shape index (κ3) is 4.20. The Bertz CT molecular complexity index is 882. The monoisotopic (exact) mass is 392 g/mol. The smallest absolute Gasteiger partial charge is 0.294 e. The molecule has 1 aliphatic rings. The number of benzene rings is 1. The van der Waals surface area contributed by atoms with Gasteiger partial charge in [0.2, 0.25) is 15.8 Å². The summed E-state index contributed by atoms with van der Waals surface area (Å²) < 4.78 is 27.5. The second-order valence-corrected chi connectivity index (χ2v) is 9.20. The van der Waals surface area contributed by atoms with Crippen LogP contribution in [0.4, 0.5) is 0 Å². The second kappa shape index (κ2) is 7.69. The van der Waals surface area contributed by atoms with Crippen LogP contribution in [-0.4, -0.2) is 44.1 Å². The van der Waals surface area contributed by atoms with E-state index in [1.54, 1.807) is 41.8 Å². The molecule has 1 aliphatic heterocycles. The van der Waals surface area contributed by atoms with Crippen molar-refractivity contribution < 1.29 is 18.0 Å². The SMILES string of the molecule is Cc1ccc(C(=O)C(=O)N2CCC(NS(=O)(=O)c3cccs3)CC2)cc1. The topological polar surface area (TPSA) is 83.6 Å². The highest BCUT2D eigenvalue weighted by Crippen LogP contribution is 2.19. The van der Waals surface area contributed by atoms with Crippen LogP contribution >= 0.6 is 11.3 Å². The summed E-state index contributed by atoms with van der Waals surface area (Å²) in [7, 11) is -3.52. The number of nitrogens with one attached hydrogen (secondary N) is 1. The van der Waals surface area contributed by atoms with Crippen LogP contribution in [0.25, 0.3) is 0 Å². The van der Waals surface area contributed by atoms with Crippen molar-refractivity contribution in [1.82, 2.24) is 9.62 Å². The summed E-state index contributed by atoms with van der Waals surface area (Å²) in [5, 5.41) is 1.71. The largest absolute Gasteiger partial charge is 0.336 e. The van der Waals surface area contributed by atoms with Crippen LogP contribution in [0.2, 0.25) is 0 Å². The number of hydrogen-bond acceptors (Lipinski definition) is 5. The van der Waals surface area contributed by atoms with Crippen molar-refractivity contribution in [3.63, 3.8) is 0 Å². The van der Waals surface area contributed by atoms with Gasteiger partial charge in [-0.2, -0.15) is 0 Å². The van der Waals surface area contributed by atoms with Gasteiger partial charge < -0.3 is 4.90 Å². The third-order valence-corrected chi connectivity index (χ3v) is 7.29. The molecular weight excluding hydrogens is 372 g/mol. The minimum absolute atomic E-state index is 0.236. The fourth-order valence-electron chi connectivity index (χ4n) is 2.87. The van der Waals surface area contributed by atoms with E-state index in [0.717, 1.165) is 5.56 Å². The molecule has 6 nitrogen and oxygen atoms in total. The molecule has 8 heteroatoms. The summed E-state index contributed by atoms with van der Waals surface area (Å²) in [5.74, 6) is -1.06. The zero-order chi connectivity index (χ0) is 18.7. The van der Waals surface area contributed by atoms with E-state index in [1.807, 2.05) is 6.92 Å². The fourth-order valence-corrected chi connectivity index (χ4v) is 5.18. The normalized spacial score (nSPS) is 15.8. The molecule has 1 fully saturated rings. The molecule has 0 saturated carbocycles. The highest BCUT2D eigenvalue weighted by Gasteiger charge is 2.30. The van der Waals surface area contributed by atoms with Gasteiger partial charge in [-0.15, -0.1) is 11.3 Å². The Balaban J connectivity index is 1.57. The molecule has 26 heavy (non-hydrogen) atoms. The molecule has 3 rings (SSSR count). The third-order valence-electron chi connectivity index (χ3n) is 4.37. The maximum atomic E-state index is 12.4. The van der Waals surface area contributed by atoms with E-state index in [0.29, 0.717) is 31.5 Å². The number of sulfonamides is 1. The highest BCUT2D eigenvalue weighted by atomic mass is 32.2. The summed E-state index contributed by atoms with van der Waals surface area (Å²) in [4.78, 5) is 26.2. The highest BCUT2D eigenvalue weighted by molar-refractivity contribution is 7.91. The van der Waals surface area contributed by atoms with E-state index in [1.165, 1.54) is 16.2 Å². The number of thiophene rings is 1. The molecule has 0 aliphatic carbocycles. The molecule has 2 heterocycles. The Morgan fingerprint density at radius 1 is 1.12 bits per heavy atom. The van der Waals surface area contributed by atoms with Crippen molar-refractivity contribution in [2.24, 2.45) is 0 Å². The van der Waals surface area contributed by atoms with Crippen LogP contribution in [0.1, 0.15) is 28.8 Å². The molecule has 0 spiro atoms. The van der Waals surface area contributed by atoms with Gasteiger partial charge in [-0.1, -0.05) is 35.9 Å². The molecule has 0 unspecified atom stereocenters. The molecule has 0 bridgehead atoms. The molecular formula is C18H20N2O4S2. The molecule has 2 aromatic rings. The van der Waals surface area contributed by atoms with Crippen LogP contribution < -0.4 is 4.72 Å². The van der Waals surface area contributed by atoms with E-state index in [-0.39, 0.29) is 10.3 Å². The maximum absolute atomic E-state index is 12.4. The number of carbonyl (C=O) groups excluding carboxylic acids is 2. The summed E-state index contributed by atoms with van der Waals surface area (Å²) in [6.45, 7) is 2.63. The standard InChI is InChI=1S/C18H20N2O4S2/c1-13-4-6-14(7-5-13)17(21)18(22)20-10-8-15(9-11-20)19-26(23,24)16-3-2-12-25-16/h2-7,12,15,19H,8-11H2,1H3. The van der Waals surface area contributed by atoms with Crippen LogP contribution in [0.5, 0.6) is 0 Å². The Labute approximate surface area is 156 Å². The first-order chi connectivity index (χ1) is 12.4. The predicted molar refractivity (Wildman–Crippen MR) is 99.8 cm³/mol. The van der Waals surface area contributed by atoms with E-state index in [2.05, 4.69) is 4.72 Å². The lowest BCUT2D eigenvalue weighted by atomic mass is 10.0.